The molecule has 0 saturated heterocycles. The summed E-state index contributed by atoms with van der Waals surface area (Å²) in [4.78, 5) is 4.60. The van der Waals surface area contributed by atoms with Crippen LogP contribution in [-0.2, 0) is 12.4 Å². The van der Waals surface area contributed by atoms with Crippen molar-refractivity contribution in [3.05, 3.63) is 45.4 Å². The van der Waals surface area contributed by atoms with E-state index in [2.05, 4.69) is 32.8 Å². The molecule has 0 saturated carbocycles. The summed E-state index contributed by atoms with van der Waals surface area (Å²) < 4.78 is 6.67. The van der Waals surface area contributed by atoms with E-state index in [0.29, 0.717) is 11.6 Å². The third-order valence-corrected chi connectivity index (χ3v) is 6.22. The summed E-state index contributed by atoms with van der Waals surface area (Å²) in [6.07, 6.45) is 1.07. The lowest BCUT2D eigenvalue weighted by Gasteiger charge is -2.03. The van der Waals surface area contributed by atoms with Gasteiger partial charge >= 0.3 is 0 Å². The van der Waals surface area contributed by atoms with E-state index < -0.39 is 0 Å². The molecule has 2 aromatic heterocycles. The first-order chi connectivity index (χ1) is 12.2. The Morgan fingerprint density at radius 2 is 2.08 bits per heavy atom. The fourth-order valence-electron chi connectivity index (χ4n) is 1.86. The third kappa shape index (κ3) is 5.85. The largest absolute Gasteiger partial charge is 0.486 e. The maximum absolute atomic E-state index is 5.86. The van der Waals surface area contributed by atoms with Crippen molar-refractivity contribution < 1.29 is 4.74 Å². The fourth-order valence-corrected chi connectivity index (χ4v) is 4.47. The van der Waals surface area contributed by atoms with Crippen LogP contribution in [-0.4, -0.2) is 21.7 Å². The molecule has 0 atom stereocenters. The molecule has 0 spiro atoms. The van der Waals surface area contributed by atoms with Crippen LogP contribution >= 0.6 is 46.0 Å². The first-order valence-electron chi connectivity index (χ1n) is 7.74. The molecule has 3 aromatic rings. The summed E-state index contributed by atoms with van der Waals surface area (Å²) in [6.45, 7) is 3.50. The van der Waals surface area contributed by atoms with Crippen LogP contribution in [0.3, 0.4) is 0 Å². The quantitative estimate of drug-likeness (QED) is 0.478. The molecule has 132 valence electrons. The number of hydrogen-bond donors (Lipinski definition) is 1. The van der Waals surface area contributed by atoms with Crippen molar-refractivity contribution in [2.24, 2.45) is 0 Å². The van der Waals surface area contributed by atoms with Crippen LogP contribution < -0.4 is 10.1 Å². The summed E-state index contributed by atoms with van der Waals surface area (Å²) in [5, 5.41) is 16.1. The average molecular weight is 413 g/mol. The van der Waals surface area contributed by atoms with Crippen molar-refractivity contribution in [1.29, 1.82) is 0 Å². The standard InChI is InChI=1S/C16H17ClN4OS3/c1-2-7-18-15-20-21-16(25-15)24-10-12-9-23-14(19-12)8-22-13-5-3-11(17)4-6-13/h3-6,9H,2,7-8,10H2,1H3,(H,18,20). The Hall–Kier alpha value is -1.35. The van der Waals surface area contributed by atoms with Crippen LogP contribution in [0, 0.1) is 0 Å². The number of aromatic nitrogens is 3. The van der Waals surface area contributed by atoms with E-state index in [9.17, 15) is 0 Å². The lowest BCUT2D eigenvalue weighted by Crippen LogP contribution is -1.98. The van der Waals surface area contributed by atoms with Gasteiger partial charge in [0.05, 0.1) is 5.69 Å². The first-order valence-corrected chi connectivity index (χ1v) is 10.8. The molecule has 0 aliphatic heterocycles. The van der Waals surface area contributed by atoms with E-state index in [1.165, 1.54) is 0 Å². The SMILES string of the molecule is CCCNc1nnc(SCc2csc(COc3ccc(Cl)cc3)n2)s1. The zero-order chi connectivity index (χ0) is 17.5. The minimum atomic E-state index is 0.459. The van der Waals surface area contributed by atoms with Crippen molar-refractivity contribution >= 4 is 51.2 Å². The fraction of sp³-hybridized carbons (Fsp3) is 0.312. The van der Waals surface area contributed by atoms with E-state index >= 15 is 0 Å². The van der Waals surface area contributed by atoms with Crippen LogP contribution in [0.2, 0.25) is 5.02 Å². The number of thiazole rings is 1. The van der Waals surface area contributed by atoms with Gasteiger partial charge in [-0.3, -0.25) is 0 Å². The van der Waals surface area contributed by atoms with Gasteiger partial charge in [0, 0.05) is 22.7 Å². The molecule has 0 aliphatic rings. The number of nitrogens with zero attached hydrogens (tertiary/aromatic N) is 3. The molecule has 0 amide bonds. The number of ether oxygens (including phenoxy) is 1. The smallest absolute Gasteiger partial charge is 0.206 e. The molecule has 5 nitrogen and oxygen atoms in total. The predicted molar refractivity (Wildman–Crippen MR) is 106 cm³/mol. The topological polar surface area (TPSA) is 59.9 Å². The summed E-state index contributed by atoms with van der Waals surface area (Å²) in [7, 11) is 0. The lowest BCUT2D eigenvalue weighted by atomic mass is 10.3. The minimum Gasteiger partial charge on any atom is -0.486 e. The second kappa shape index (κ2) is 9.38. The summed E-state index contributed by atoms with van der Waals surface area (Å²) >= 11 is 10.7. The van der Waals surface area contributed by atoms with Crippen LogP contribution in [0.4, 0.5) is 5.13 Å². The van der Waals surface area contributed by atoms with E-state index in [-0.39, 0.29) is 0 Å². The minimum absolute atomic E-state index is 0.459. The van der Waals surface area contributed by atoms with Crippen LogP contribution in [0.1, 0.15) is 24.0 Å². The average Bonchev–Trinajstić information content (AvgIpc) is 3.27. The van der Waals surface area contributed by atoms with E-state index in [4.69, 9.17) is 16.3 Å². The van der Waals surface area contributed by atoms with Gasteiger partial charge in [-0.15, -0.1) is 21.5 Å². The van der Waals surface area contributed by atoms with Gasteiger partial charge in [-0.25, -0.2) is 4.98 Å². The van der Waals surface area contributed by atoms with Gasteiger partial charge in [0.1, 0.15) is 17.4 Å². The van der Waals surface area contributed by atoms with Gasteiger partial charge in [-0.1, -0.05) is 41.6 Å². The van der Waals surface area contributed by atoms with E-state index in [1.807, 2.05) is 24.3 Å². The number of nitrogens with one attached hydrogen (secondary N) is 1. The molecule has 0 fully saturated rings. The Labute approximate surface area is 163 Å². The monoisotopic (exact) mass is 412 g/mol. The molecule has 0 aliphatic carbocycles. The van der Waals surface area contributed by atoms with Crippen molar-refractivity contribution in [3.8, 4) is 5.75 Å². The predicted octanol–water partition coefficient (Wildman–Crippen LogP) is 5.34. The van der Waals surface area contributed by atoms with Gasteiger partial charge in [0.25, 0.3) is 0 Å². The number of halogens is 1. The number of anilines is 1. The highest BCUT2D eigenvalue weighted by molar-refractivity contribution is 8.00. The lowest BCUT2D eigenvalue weighted by molar-refractivity contribution is 0.305. The molecule has 3 rings (SSSR count). The van der Waals surface area contributed by atoms with Crippen molar-refractivity contribution in [2.75, 3.05) is 11.9 Å². The Balaban J connectivity index is 1.46. The van der Waals surface area contributed by atoms with Crippen molar-refractivity contribution in [1.82, 2.24) is 15.2 Å². The Bertz CT molecular complexity index is 791. The third-order valence-electron chi connectivity index (χ3n) is 3.05. The van der Waals surface area contributed by atoms with E-state index in [1.54, 1.807) is 34.4 Å². The molecule has 9 heteroatoms. The maximum atomic E-state index is 5.86. The number of thioether (sulfide) groups is 1. The highest BCUT2D eigenvalue weighted by Crippen LogP contribution is 2.28. The zero-order valence-corrected chi connectivity index (χ0v) is 16.8. The zero-order valence-electron chi connectivity index (χ0n) is 13.6. The van der Waals surface area contributed by atoms with E-state index in [0.717, 1.165) is 44.6 Å². The van der Waals surface area contributed by atoms with Crippen molar-refractivity contribution in [3.63, 3.8) is 0 Å². The second-order valence-electron chi connectivity index (χ2n) is 5.06. The molecule has 25 heavy (non-hydrogen) atoms. The van der Waals surface area contributed by atoms with Gasteiger partial charge in [-0.05, 0) is 30.7 Å². The number of benzene rings is 1. The Kier molecular flexibility index (Phi) is 6.92. The molecular formula is C16H17ClN4OS3. The van der Waals surface area contributed by atoms with Gasteiger partial charge in [-0.2, -0.15) is 0 Å². The second-order valence-corrected chi connectivity index (χ2v) is 8.64. The van der Waals surface area contributed by atoms with Crippen LogP contribution in [0.5, 0.6) is 5.75 Å². The van der Waals surface area contributed by atoms with Crippen LogP contribution in [0.15, 0.2) is 34.0 Å². The molecule has 0 radical (unpaired) electrons. The summed E-state index contributed by atoms with van der Waals surface area (Å²) in [5.41, 5.74) is 1.03. The number of rotatable bonds is 9. The number of hydrogen-bond acceptors (Lipinski definition) is 8. The van der Waals surface area contributed by atoms with Gasteiger partial charge in [0.2, 0.25) is 5.13 Å². The van der Waals surface area contributed by atoms with Crippen molar-refractivity contribution in [2.45, 2.75) is 30.0 Å². The molecule has 0 bridgehead atoms. The molecule has 2 heterocycles. The highest BCUT2D eigenvalue weighted by Gasteiger charge is 2.08. The van der Waals surface area contributed by atoms with Crippen LogP contribution in [0.25, 0.3) is 0 Å². The first kappa shape index (κ1) is 18.4. The molecular weight excluding hydrogens is 396 g/mol. The maximum Gasteiger partial charge on any atom is 0.206 e. The summed E-state index contributed by atoms with van der Waals surface area (Å²) in [5.74, 6) is 1.57. The Morgan fingerprint density at radius 3 is 2.88 bits per heavy atom. The molecule has 1 aromatic carbocycles. The van der Waals surface area contributed by atoms with Gasteiger partial charge in [0.15, 0.2) is 4.34 Å². The highest BCUT2D eigenvalue weighted by atomic mass is 35.5. The molecule has 1 N–H and O–H groups in total. The van der Waals surface area contributed by atoms with Gasteiger partial charge < -0.3 is 10.1 Å². The summed E-state index contributed by atoms with van der Waals surface area (Å²) in [6, 6.07) is 7.33. The molecule has 0 unspecified atom stereocenters. The normalized spacial score (nSPS) is 10.8. The Morgan fingerprint density at radius 1 is 1.24 bits per heavy atom.